The predicted molar refractivity (Wildman–Crippen MR) is 53.0 cm³/mol. The largest absolute Gasteiger partial charge is 0.459 e. The lowest BCUT2D eigenvalue weighted by Crippen LogP contribution is -2.34. The van der Waals surface area contributed by atoms with Gasteiger partial charge in [-0.3, -0.25) is 4.79 Å². The molecule has 3 heteroatoms. The number of amides is 1. The zero-order valence-electron chi connectivity index (χ0n) is 8.19. The van der Waals surface area contributed by atoms with Crippen molar-refractivity contribution in [3.63, 3.8) is 0 Å². The second-order valence-corrected chi connectivity index (χ2v) is 3.53. The van der Waals surface area contributed by atoms with Gasteiger partial charge in [-0.15, -0.1) is 0 Å². The van der Waals surface area contributed by atoms with E-state index in [9.17, 15) is 4.79 Å². The van der Waals surface area contributed by atoms with Gasteiger partial charge in [0.2, 0.25) is 0 Å². The topological polar surface area (TPSA) is 33.5 Å². The summed E-state index contributed by atoms with van der Waals surface area (Å²) in [6, 6.07) is 3.44. The van der Waals surface area contributed by atoms with E-state index in [1.165, 1.54) is 11.8 Å². The zero-order chi connectivity index (χ0) is 9.97. The van der Waals surface area contributed by atoms with Crippen LogP contribution in [0.25, 0.3) is 0 Å². The summed E-state index contributed by atoms with van der Waals surface area (Å²) < 4.78 is 5.06. The normalized spacial score (nSPS) is 16.6. The molecule has 0 spiro atoms. The Labute approximate surface area is 83.0 Å². The van der Waals surface area contributed by atoms with Crippen molar-refractivity contribution in [3.05, 3.63) is 35.8 Å². The highest BCUT2D eigenvalue weighted by Gasteiger charge is 2.19. The van der Waals surface area contributed by atoms with E-state index in [0.717, 1.165) is 13.0 Å². The minimum Gasteiger partial charge on any atom is -0.459 e. The maximum absolute atomic E-state index is 11.8. The number of carbonyl (C=O) groups excluding carboxylic acids is 1. The van der Waals surface area contributed by atoms with E-state index >= 15 is 0 Å². The van der Waals surface area contributed by atoms with E-state index in [1.54, 1.807) is 17.0 Å². The monoisotopic (exact) mass is 191 g/mol. The number of carbonyl (C=O) groups is 1. The van der Waals surface area contributed by atoms with Crippen LogP contribution in [-0.2, 0) is 0 Å². The van der Waals surface area contributed by atoms with Crippen LogP contribution in [0.4, 0.5) is 0 Å². The van der Waals surface area contributed by atoms with Crippen LogP contribution in [0.15, 0.2) is 34.5 Å². The third-order valence-corrected chi connectivity index (χ3v) is 2.46. The molecule has 74 valence electrons. The minimum atomic E-state index is -0.0150. The van der Waals surface area contributed by atoms with Crippen LogP contribution >= 0.6 is 0 Å². The molecule has 0 saturated carbocycles. The molecule has 1 aromatic heterocycles. The third kappa shape index (κ3) is 1.71. The van der Waals surface area contributed by atoms with E-state index in [4.69, 9.17) is 4.42 Å². The number of rotatable bonds is 1. The van der Waals surface area contributed by atoms with Crippen LogP contribution in [0.1, 0.15) is 23.9 Å². The highest BCUT2D eigenvalue weighted by molar-refractivity contribution is 5.91. The van der Waals surface area contributed by atoms with E-state index in [1.807, 2.05) is 0 Å². The Morgan fingerprint density at radius 2 is 2.43 bits per heavy atom. The first-order valence-corrected chi connectivity index (χ1v) is 4.76. The van der Waals surface area contributed by atoms with E-state index in [2.05, 4.69) is 13.0 Å². The van der Waals surface area contributed by atoms with Crippen LogP contribution < -0.4 is 0 Å². The minimum absolute atomic E-state index is 0.0150. The van der Waals surface area contributed by atoms with Crippen LogP contribution in [-0.4, -0.2) is 23.9 Å². The maximum Gasteiger partial charge on any atom is 0.289 e. The van der Waals surface area contributed by atoms with Gasteiger partial charge < -0.3 is 9.32 Å². The molecule has 0 radical (unpaired) electrons. The number of hydrogen-bond donors (Lipinski definition) is 0. The lowest BCUT2D eigenvalue weighted by Gasteiger charge is -2.24. The molecule has 2 rings (SSSR count). The van der Waals surface area contributed by atoms with Gasteiger partial charge in [0.15, 0.2) is 5.76 Å². The molecule has 1 aliphatic heterocycles. The van der Waals surface area contributed by atoms with E-state index in [-0.39, 0.29) is 5.91 Å². The van der Waals surface area contributed by atoms with Crippen molar-refractivity contribution < 1.29 is 9.21 Å². The Hall–Kier alpha value is -1.51. The molecule has 0 saturated heterocycles. The fourth-order valence-corrected chi connectivity index (χ4v) is 1.51. The second kappa shape index (κ2) is 3.70. The van der Waals surface area contributed by atoms with Crippen molar-refractivity contribution in [1.82, 2.24) is 4.90 Å². The molecular formula is C11H13NO2. The molecule has 14 heavy (non-hydrogen) atoms. The number of nitrogens with zero attached hydrogens (tertiary/aromatic N) is 1. The zero-order valence-corrected chi connectivity index (χ0v) is 8.19. The predicted octanol–water partition coefficient (Wildman–Crippen LogP) is 2.07. The van der Waals surface area contributed by atoms with Crippen LogP contribution in [0.5, 0.6) is 0 Å². The summed E-state index contributed by atoms with van der Waals surface area (Å²) in [5.41, 5.74) is 1.36. The molecule has 0 unspecified atom stereocenters. The lowest BCUT2D eigenvalue weighted by atomic mass is 10.1. The van der Waals surface area contributed by atoms with Crippen LogP contribution in [0.2, 0.25) is 0 Å². The van der Waals surface area contributed by atoms with Gasteiger partial charge in [-0.1, -0.05) is 11.6 Å². The highest BCUT2D eigenvalue weighted by atomic mass is 16.3. The van der Waals surface area contributed by atoms with Gasteiger partial charge in [-0.05, 0) is 25.5 Å². The SMILES string of the molecule is CC1=CCN(C(=O)c2ccco2)CC1. The van der Waals surface area contributed by atoms with Gasteiger partial charge in [0, 0.05) is 13.1 Å². The first-order chi connectivity index (χ1) is 6.77. The first kappa shape index (κ1) is 9.06. The third-order valence-electron chi connectivity index (χ3n) is 2.46. The summed E-state index contributed by atoms with van der Waals surface area (Å²) in [7, 11) is 0. The summed E-state index contributed by atoms with van der Waals surface area (Å²) in [5, 5.41) is 0. The van der Waals surface area contributed by atoms with Gasteiger partial charge in [0.05, 0.1) is 6.26 Å². The van der Waals surface area contributed by atoms with Gasteiger partial charge in [-0.2, -0.15) is 0 Å². The summed E-state index contributed by atoms with van der Waals surface area (Å²) in [6.07, 6.45) is 4.58. The average Bonchev–Trinajstić information content (AvgIpc) is 2.71. The summed E-state index contributed by atoms with van der Waals surface area (Å²) in [6.45, 7) is 3.59. The van der Waals surface area contributed by atoms with Crippen molar-refractivity contribution in [2.75, 3.05) is 13.1 Å². The van der Waals surface area contributed by atoms with E-state index < -0.39 is 0 Å². The molecule has 1 aliphatic rings. The van der Waals surface area contributed by atoms with Crippen molar-refractivity contribution in [2.24, 2.45) is 0 Å². The Bertz CT molecular complexity index is 351. The average molecular weight is 191 g/mol. The molecule has 1 amide bonds. The highest BCUT2D eigenvalue weighted by Crippen LogP contribution is 2.13. The molecule has 0 N–H and O–H groups in total. The molecule has 3 nitrogen and oxygen atoms in total. The molecule has 2 heterocycles. The molecule has 0 aliphatic carbocycles. The van der Waals surface area contributed by atoms with Gasteiger partial charge in [0.1, 0.15) is 0 Å². The van der Waals surface area contributed by atoms with Gasteiger partial charge in [0.25, 0.3) is 5.91 Å². The van der Waals surface area contributed by atoms with Crippen molar-refractivity contribution in [3.8, 4) is 0 Å². The Balaban J connectivity index is 2.07. The quantitative estimate of drug-likeness (QED) is 0.637. The Kier molecular flexibility index (Phi) is 2.39. The second-order valence-electron chi connectivity index (χ2n) is 3.53. The molecule has 0 fully saturated rings. The van der Waals surface area contributed by atoms with E-state index in [0.29, 0.717) is 12.3 Å². The molecule has 0 aromatic carbocycles. The van der Waals surface area contributed by atoms with Crippen LogP contribution in [0, 0.1) is 0 Å². The summed E-state index contributed by atoms with van der Waals surface area (Å²) in [5.74, 6) is 0.414. The Morgan fingerprint density at radius 1 is 1.57 bits per heavy atom. The van der Waals surface area contributed by atoms with Crippen molar-refractivity contribution in [2.45, 2.75) is 13.3 Å². The number of hydrogen-bond acceptors (Lipinski definition) is 2. The molecular weight excluding hydrogens is 178 g/mol. The smallest absolute Gasteiger partial charge is 0.289 e. The standard InChI is InChI=1S/C11H13NO2/c1-9-4-6-12(7-5-9)11(13)10-3-2-8-14-10/h2-4,8H,5-7H2,1H3. The Morgan fingerprint density at radius 3 is 3.00 bits per heavy atom. The first-order valence-electron chi connectivity index (χ1n) is 4.76. The molecule has 1 aromatic rings. The lowest BCUT2D eigenvalue weighted by molar-refractivity contribution is 0.0737. The fraction of sp³-hybridized carbons (Fsp3) is 0.364. The maximum atomic E-state index is 11.8. The van der Waals surface area contributed by atoms with Crippen molar-refractivity contribution in [1.29, 1.82) is 0 Å². The number of furan rings is 1. The molecule has 0 atom stereocenters. The summed E-state index contributed by atoms with van der Waals surface area (Å²) >= 11 is 0. The van der Waals surface area contributed by atoms with Crippen molar-refractivity contribution >= 4 is 5.91 Å². The van der Waals surface area contributed by atoms with Gasteiger partial charge in [-0.25, -0.2) is 0 Å². The van der Waals surface area contributed by atoms with Gasteiger partial charge >= 0.3 is 0 Å². The fourth-order valence-electron chi connectivity index (χ4n) is 1.51. The molecule has 0 bridgehead atoms. The van der Waals surface area contributed by atoms with Crippen LogP contribution in [0.3, 0.4) is 0 Å². The summed E-state index contributed by atoms with van der Waals surface area (Å²) in [4.78, 5) is 13.6.